The quantitative estimate of drug-likeness (QED) is 0.582. The van der Waals surface area contributed by atoms with Gasteiger partial charge in [-0.2, -0.15) is 0 Å². The zero-order chi connectivity index (χ0) is 15.0. The van der Waals surface area contributed by atoms with Gasteiger partial charge in [0.1, 0.15) is 11.9 Å². The van der Waals surface area contributed by atoms with Crippen LogP contribution in [0, 0.1) is 50.0 Å². The van der Waals surface area contributed by atoms with E-state index in [0.29, 0.717) is 19.3 Å². The Hall–Kier alpha value is -0.148. The van der Waals surface area contributed by atoms with E-state index in [1.807, 2.05) is 18.2 Å². The third-order valence-corrected chi connectivity index (χ3v) is 4.62. The number of aryl methyl sites for hydroxylation is 1. The third kappa shape index (κ3) is 3.21. The molecule has 2 N–H and O–H groups in total. The third-order valence-electron chi connectivity index (χ3n) is 4.62. The van der Waals surface area contributed by atoms with Crippen LogP contribution in [0.5, 0.6) is 5.75 Å². The molecule has 1 radical (unpaired) electrons. The molecule has 0 bridgehead atoms. The molecule has 5 nitrogen and oxygen atoms in total. The van der Waals surface area contributed by atoms with E-state index in [-0.39, 0.29) is 74.6 Å². The Balaban J connectivity index is 0.00000176. The fraction of sp³-hybridized carbons (Fsp3) is 0.562. The largest absolute Gasteiger partial charge is 0.489 e. The summed E-state index contributed by atoms with van der Waals surface area (Å²) < 4.78 is 10.7. The molecule has 1 heterocycles. The van der Waals surface area contributed by atoms with Gasteiger partial charge in [-0.25, -0.2) is 0 Å². The van der Waals surface area contributed by atoms with Crippen LogP contribution in [0.3, 0.4) is 0 Å². The van der Waals surface area contributed by atoms with Crippen molar-refractivity contribution in [3.63, 3.8) is 0 Å². The van der Waals surface area contributed by atoms with Crippen LogP contribution in [0.25, 0.3) is 0 Å². The summed E-state index contributed by atoms with van der Waals surface area (Å²) in [6, 6.07) is 5.88. The number of hydrogen-bond donors (Lipinski definition) is 2. The van der Waals surface area contributed by atoms with Crippen molar-refractivity contribution >= 4 is 5.97 Å². The zero-order valence-electron chi connectivity index (χ0n) is 12.6. The van der Waals surface area contributed by atoms with E-state index in [0.717, 1.165) is 16.9 Å². The maximum atomic E-state index is 11.3. The van der Waals surface area contributed by atoms with Gasteiger partial charge in [0.2, 0.25) is 0 Å². The molecule has 3 rings (SSSR count). The monoisotopic (exact) mass is 519 g/mol. The number of aliphatic hydroxyl groups is 2. The summed E-state index contributed by atoms with van der Waals surface area (Å²) in [7, 11) is 1.38. The Morgan fingerprint density at radius 2 is 2.23 bits per heavy atom. The number of esters is 1. The molecule has 1 aromatic rings. The molecule has 4 atom stereocenters. The van der Waals surface area contributed by atoms with E-state index in [2.05, 4.69) is 4.74 Å². The first kappa shape index (κ1) is 18.2. The number of hydrogen-bond acceptors (Lipinski definition) is 5. The molecule has 1 aliphatic carbocycles. The number of ether oxygens (including phenoxy) is 2. The Bertz CT molecular complexity index is 547. The van der Waals surface area contributed by atoms with Crippen LogP contribution in [0.2, 0.25) is 0 Å². The van der Waals surface area contributed by atoms with Crippen molar-refractivity contribution in [2.24, 2.45) is 5.92 Å². The molecular formula is C16H20AcO5. The van der Waals surface area contributed by atoms with Crippen LogP contribution >= 0.6 is 0 Å². The van der Waals surface area contributed by atoms with E-state index in [9.17, 15) is 15.0 Å². The molecule has 0 spiro atoms. The second kappa shape index (κ2) is 7.61. The molecule has 1 aliphatic heterocycles. The van der Waals surface area contributed by atoms with Crippen LogP contribution in [0.4, 0.5) is 0 Å². The van der Waals surface area contributed by atoms with Gasteiger partial charge in [0.15, 0.2) is 0 Å². The van der Waals surface area contributed by atoms with Crippen molar-refractivity contribution < 1.29 is 68.5 Å². The van der Waals surface area contributed by atoms with Crippen LogP contribution in [-0.2, 0) is 16.0 Å². The fourth-order valence-electron chi connectivity index (χ4n) is 3.56. The van der Waals surface area contributed by atoms with Gasteiger partial charge in [0.25, 0.3) is 0 Å². The number of methoxy groups -OCH3 is 1. The summed E-state index contributed by atoms with van der Waals surface area (Å²) in [5.41, 5.74) is 2.02. The van der Waals surface area contributed by atoms with Gasteiger partial charge in [-0.15, -0.1) is 0 Å². The molecular weight excluding hydrogens is 499 g/mol. The first-order valence-electron chi connectivity index (χ1n) is 7.30. The van der Waals surface area contributed by atoms with Crippen LogP contribution in [0.15, 0.2) is 18.2 Å². The standard InChI is InChI=1S/C16H20O5.Ac/c1-20-14(19)6-5-9-3-2-4-10-15-11(8-17)12(18)7-13(15)21-16(9)10;/h2-4,11-13,15,17-18H,5-8H2,1H3;/t11-,12+,13-,15+;/m0./s1. The zero-order valence-corrected chi connectivity index (χ0v) is 17.3. The maximum absolute atomic E-state index is 11.3. The predicted molar refractivity (Wildman–Crippen MR) is 75.1 cm³/mol. The smallest absolute Gasteiger partial charge is 0.305 e. The number of carbonyl (C=O) groups excluding carboxylic acids is 1. The van der Waals surface area contributed by atoms with Gasteiger partial charge in [-0.3, -0.25) is 4.79 Å². The summed E-state index contributed by atoms with van der Waals surface area (Å²) in [5, 5.41) is 19.5. The number of carbonyl (C=O) groups is 1. The Labute approximate surface area is 165 Å². The molecule has 117 valence electrons. The second-order valence-electron chi connectivity index (χ2n) is 5.74. The first-order chi connectivity index (χ1) is 10.2. The summed E-state index contributed by atoms with van der Waals surface area (Å²) >= 11 is 0. The van der Waals surface area contributed by atoms with Gasteiger partial charge >= 0.3 is 5.97 Å². The summed E-state index contributed by atoms with van der Waals surface area (Å²) in [6.45, 7) is -0.0441. The van der Waals surface area contributed by atoms with Crippen LogP contribution in [-0.4, -0.2) is 42.1 Å². The average molecular weight is 519 g/mol. The maximum Gasteiger partial charge on any atom is 0.305 e. The van der Waals surface area contributed by atoms with E-state index < -0.39 is 6.10 Å². The summed E-state index contributed by atoms with van der Waals surface area (Å²) in [5.74, 6) is 0.446. The average Bonchev–Trinajstić information content (AvgIpc) is 2.99. The summed E-state index contributed by atoms with van der Waals surface area (Å²) in [6.07, 6.45) is 0.837. The van der Waals surface area contributed by atoms with Gasteiger partial charge in [-0.1, -0.05) is 18.2 Å². The van der Waals surface area contributed by atoms with Crippen molar-refractivity contribution in [1.29, 1.82) is 0 Å². The van der Waals surface area contributed by atoms with Gasteiger partial charge < -0.3 is 19.7 Å². The normalized spacial score (nSPS) is 28.3. The minimum Gasteiger partial charge on any atom is -0.489 e. The van der Waals surface area contributed by atoms with E-state index >= 15 is 0 Å². The topological polar surface area (TPSA) is 76.0 Å². The molecule has 6 heteroatoms. The van der Waals surface area contributed by atoms with Gasteiger partial charge in [-0.05, 0) is 12.0 Å². The van der Waals surface area contributed by atoms with E-state index in [4.69, 9.17) is 4.74 Å². The number of fused-ring (bicyclic) bond motifs is 3. The minimum atomic E-state index is -0.517. The molecule has 0 amide bonds. The number of para-hydroxylation sites is 1. The Kier molecular flexibility index (Phi) is 6.30. The summed E-state index contributed by atoms with van der Waals surface area (Å²) in [4.78, 5) is 11.3. The molecule has 0 aromatic heterocycles. The van der Waals surface area contributed by atoms with Crippen molar-refractivity contribution in [3.8, 4) is 5.75 Å². The Morgan fingerprint density at radius 3 is 2.91 bits per heavy atom. The van der Waals surface area contributed by atoms with Crippen LogP contribution in [0.1, 0.15) is 29.9 Å². The molecule has 22 heavy (non-hydrogen) atoms. The fourth-order valence-corrected chi connectivity index (χ4v) is 3.56. The SMILES string of the molecule is COC(=O)CCc1cccc2c1O[C@H]1C[C@@H](O)[C@H](CO)[C@@H]21.[Ac]. The first-order valence-corrected chi connectivity index (χ1v) is 7.30. The van der Waals surface area contributed by atoms with Crippen molar-refractivity contribution in [1.82, 2.24) is 0 Å². The molecule has 2 aliphatic rings. The van der Waals surface area contributed by atoms with Gasteiger partial charge in [0, 0.05) is 80.9 Å². The molecule has 0 saturated heterocycles. The van der Waals surface area contributed by atoms with E-state index in [1.165, 1.54) is 7.11 Å². The van der Waals surface area contributed by atoms with Crippen molar-refractivity contribution in [2.45, 2.75) is 37.4 Å². The number of rotatable bonds is 4. The molecule has 0 unspecified atom stereocenters. The second-order valence-corrected chi connectivity index (χ2v) is 5.74. The number of aliphatic hydroxyl groups excluding tert-OH is 2. The predicted octanol–water partition coefficient (Wildman–Crippen LogP) is 1.01. The van der Waals surface area contributed by atoms with E-state index in [1.54, 1.807) is 0 Å². The Morgan fingerprint density at radius 1 is 1.45 bits per heavy atom. The van der Waals surface area contributed by atoms with Crippen LogP contribution < -0.4 is 4.74 Å². The van der Waals surface area contributed by atoms with Crippen molar-refractivity contribution in [2.75, 3.05) is 13.7 Å². The minimum absolute atomic E-state index is 0. The molecule has 1 fully saturated rings. The number of benzene rings is 1. The molecule has 1 aromatic carbocycles. The molecule has 1 saturated carbocycles. The van der Waals surface area contributed by atoms with Gasteiger partial charge in [0.05, 0.1) is 13.2 Å². The van der Waals surface area contributed by atoms with Crippen molar-refractivity contribution in [3.05, 3.63) is 29.3 Å².